The van der Waals surface area contributed by atoms with Crippen molar-refractivity contribution in [2.45, 2.75) is 20.4 Å². The number of nitrogens with one attached hydrogen (secondary N) is 1. The van der Waals surface area contributed by atoms with Crippen molar-refractivity contribution >= 4 is 5.91 Å². The van der Waals surface area contributed by atoms with E-state index in [1.807, 2.05) is 19.1 Å². The minimum atomic E-state index is -0.743. The number of hydrogen-bond acceptors (Lipinski definition) is 5. The van der Waals surface area contributed by atoms with E-state index in [0.717, 1.165) is 14.8 Å². The van der Waals surface area contributed by atoms with E-state index in [2.05, 4.69) is 10.4 Å². The molecule has 3 rings (SSSR count). The summed E-state index contributed by atoms with van der Waals surface area (Å²) in [6, 6.07) is 14.1. The predicted molar refractivity (Wildman–Crippen MR) is 109 cm³/mol. The highest BCUT2D eigenvalue weighted by Gasteiger charge is 2.20. The van der Waals surface area contributed by atoms with Crippen molar-refractivity contribution in [1.29, 1.82) is 0 Å². The Labute approximate surface area is 167 Å². The number of amides is 1. The molecule has 8 nitrogen and oxygen atoms in total. The van der Waals surface area contributed by atoms with Gasteiger partial charge in [0.05, 0.1) is 19.3 Å². The van der Waals surface area contributed by atoms with Gasteiger partial charge >= 0.3 is 5.69 Å². The molecule has 0 bridgehead atoms. The van der Waals surface area contributed by atoms with E-state index in [9.17, 15) is 14.4 Å². The van der Waals surface area contributed by atoms with Gasteiger partial charge in [-0.2, -0.15) is 9.78 Å². The van der Waals surface area contributed by atoms with Gasteiger partial charge in [0, 0.05) is 6.54 Å². The number of nitrogens with zero attached hydrogens (tertiary/aromatic N) is 3. The Balaban J connectivity index is 2.19. The Hall–Kier alpha value is -3.68. The first-order valence-electron chi connectivity index (χ1n) is 9.17. The van der Waals surface area contributed by atoms with Crippen molar-refractivity contribution in [3.05, 3.63) is 86.2 Å². The smallest absolute Gasteiger partial charge is 0.352 e. The van der Waals surface area contributed by atoms with E-state index in [-0.39, 0.29) is 12.2 Å². The molecule has 3 aromatic rings. The Morgan fingerprint density at radius 1 is 1.14 bits per heavy atom. The summed E-state index contributed by atoms with van der Waals surface area (Å²) in [5, 5.41) is 6.63. The lowest BCUT2D eigenvalue weighted by Gasteiger charge is -2.12. The fraction of sp³-hybridized carbons (Fsp3) is 0.238. The predicted octanol–water partition coefficient (Wildman–Crippen LogP) is 1.51. The van der Waals surface area contributed by atoms with Gasteiger partial charge in [-0.05, 0) is 43.7 Å². The number of rotatable bonds is 6. The Bertz CT molecular complexity index is 1150. The molecule has 0 aliphatic carbocycles. The standard InChI is InChI=1S/C21H22N4O4/c1-4-22-19(26)18-20(27)24(13-15-6-5-7-17(12-15)29-3)21(28)25(23-18)16-10-8-14(2)9-11-16/h5-12H,4,13H2,1-3H3,(H,22,26). The SMILES string of the molecule is CCNC(=O)c1nn(-c2ccc(C)cc2)c(=O)n(Cc2cccc(OC)c2)c1=O. The number of carbonyl (C=O) groups excluding carboxylic acids is 1. The highest BCUT2D eigenvalue weighted by atomic mass is 16.5. The van der Waals surface area contributed by atoms with Gasteiger partial charge in [-0.25, -0.2) is 4.79 Å². The van der Waals surface area contributed by atoms with Crippen LogP contribution < -0.4 is 21.3 Å². The number of ether oxygens (including phenoxy) is 1. The molecule has 0 radical (unpaired) electrons. The van der Waals surface area contributed by atoms with E-state index < -0.39 is 17.2 Å². The van der Waals surface area contributed by atoms with Crippen molar-refractivity contribution in [2.75, 3.05) is 13.7 Å². The molecule has 0 saturated carbocycles. The van der Waals surface area contributed by atoms with E-state index in [0.29, 0.717) is 23.5 Å². The zero-order valence-electron chi connectivity index (χ0n) is 16.5. The van der Waals surface area contributed by atoms with Crippen LogP contribution in [0.5, 0.6) is 5.75 Å². The summed E-state index contributed by atoms with van der Waals surface area (Å²) in [5.74, 6) is -0.0230. The second kappa shape index (κ2) is 8.55. The summed E-state index contributed by atoms with van der Waals surface area (Å²) in [5.41, 5.74) is 0.449. The maximum absolute atomic E-state index is 13.1. The van der Waals surface area contributed by atoms with Gasteiger partial charge in [0.25, 0.3) is 11.5 Å². The van der Waals surface area contributed by atoms with Gasteiger partial charge in [0.2, 0.25) is 5.69 Å². The van der Waals surface area contributed by atoms with Gasteiger partial charge in [-0.1, -0.05) is 29.8 Å². The van der Waals surface area contributed by atoms with Crippen LogP contribution in [0.4, 0.5) is 0 Å². The minimum absolute atomic E-state index is 0.0182. The summed E-state index contributed by atoms with van der Waals surface area (Å²) in [6.07, 6.45) is 0. The normalized spacial score (nSPS) is 10.6. The zero-order valence-corrected chi connectivity index (χ0v) is 16.5. The van der Waals surface area contributed by atoms with E-state index in [1.54, 1.807) is 43.3 Å². The molecule has 0 saturated heterocycles. The average molecular weight is 394 g/mol. The van der Waals surface area contributed by atoms with E-state index in [4.69, 9.17) is 4.74 Å². The van der Waals surface area contributed by atoms with E-state index in [1.165, 1.54) is 7.11 Å². The van der Waals surface area contributed by atoms with Gasteiger partial charge in [-0.3, -0.25) is 14.2 Å². The largest absolute Gasteiger partial charge is 0.497 e. The summed E-state index contributed by atoms with van der Waals surface area (Å²) >= 11 is 0. The second-order valence-corrected chi connectivity index (χ2v) is 6.48. The van der Waals surface area contributed by atoms with Crippen molar-refractivity contribution in [2.24, 2.45) is 0 Å². The molecule has 150 valence electrons. The van der Waals surface area contributed by atoms with Crippen LogP contribution >= 0.6 is 0 Å². The first-order valence-corrected chi connectivity index (χ1v) is 9.17. The zero-order chi connectivity index (χ0) is 21.0. The monoisotopic (exact) mass is 394 g/mol. The Kier molecular flexibility index (Phi) is 5.92. The lowest BCUT2D eigenvalue weighted by Crippen LogP contribution is -2.46. The summed E-state index contributed by atoms with van der Waals surface area (Å²) < 4.78 is 7.29. The van der Waals surface area contributed by atoms with Crippen molar-refractivity contribution in [3.63, 3.8) is 0 Å². The molecule has 0 spiro atoms. The van der Waals surface area contributed by atoms with Crippen LogP contribution in [0, 0.1) is 6.92 Å². The number of carbonyl (C=O) groups is 1. The fourth-order valence-electron chi connectivity index (χ4n) is 2.85. The molecule has 0 unspecified atom stereocenters. The van der Waals surface area contributed by atoms with Crippen molar-refractivity contribution < 1.29 is 9.53 Å². The number of hydrogen-bond donors (Lipinski definition) is 1. The molecular weight excluding hydrogens is 372 g/mol. The average Bonchev–Trinajstić information content (AvgIpc) is 2.72. The molecule has 1 heterocycles. The topological polar surface area (TPSA) is 95.2 Å². The van der Waals surface area contributed by atoms with Gasteiger partial charge in [0.1, 0.15) is 5.75 Å². The molecule has 0 atom stereocenters. The summed E-state index contributed by atoms with van der Waals surface area (Å²) in [7, 11) is 1.54. The van der Waals surface area contributed by atoms with Gasteiger partial charge in [0.15, 0.2) is 0 Å². The molecule has 29 heavy (non-hydrogen) atoms. The molecule has 0 fully saturated rings. The van der Waals surface area contributed by atoms with Crippen LogP contribution in [0.15, 0.2) is 58.1 Å². The third kappa shape index (κ3) is 4.26. The third-order valence-corrected chi connectivity index (χ3v) is 4.37. The number of benzene rings is 2. The lowest BCUT2D eigenvalue weighted by molar-refractivity contribution is 0.0946. The maximum atomic E-state index is 13.1. The van der Waals surface area contributed by atoms with Crippen LogP contribution in [0.2, 0.25) is 0 Å². The number of methoxy groups -OCH3 is 1. The highest BCUT2D eigenvalue weighted by Crippen LogP contribution is 2.13. The quantitative estimate of drug-likeness (QED) is 0.684. The first kappa shape index (κ1) is 20.1. The molecule has 1 amide bonds. The number of aromatic nitrogens is 3. The van der Waals surface area contributed by atoms with Crippen LogP contribution in [0.25, 0.3) is 5.69 Å². The molecule has 8 heteroatoms. The third-order valence-electron chi connectivity index (χ3n) is 4.37. The van der Waals surface area contributed by atoms with Gasteiger partial charge < -0.3 is 10.1 Å². The highest BCUT2D eigenvalue weighted by molar-refractivity contribution is 5.91. The fourth-order valence-corrected chi connectivity index (χ4v) is 2.85. The first-order chi connectivity index (χ1) is 13.9. The van der Waals surface area contributed by atoms with E-state index >= 15 is 0 Å². The molecule has 2 aromatic carbocycles. The van der Waals surface area contributed by atoms with Crippen LogP contribution in [0.1, 0.15) is 28.5 Å². The van der Waals surface area contributed by atoms with Crippen LogP contribution in [-0.4, -0.2) is 33.9 Å². The van der Waals surface area contributed by atoms with Crippen LogP contribution in [-0.2, 0) is 6.54 Å². The summed E-state index contributed by atoms with van der Waals surface area (Å²) in [6.45, 7) is 3.97. The van der Waals surface area contributed by atoms with Crippen molar-refractivity contribution in [3.8, 4) is 11.4 Å². The molecule has 1 aromatic heterocycles. The Morgan fingerprint density at radius 2 is 1.86 bits per heavy atom. The Morgan fingerprint density at radius 3 is 2.52 bits per heavy atom. The molecular formula is C21H22N4O4. The maximum Gasteiger partial charge on any atom is 0.352 e. The summed E-state index contributed by atoms with van der Waals surface area (Å²) in [4.78, 5) is 38.4. The lowest BCUT2D eigenvalue weighted by atomic mass is 10.2. The minimum Gasteiger partial charge on any atom is -0.497 e. The van der Waals surface area contributed by atoms with Crippen molar-refractivity contribution in [1.82, 2.24) is 19.7 Å². The number of aryl methyl sites for hydroxylation is 1. The molecule has 0 aliphatic rings. The molecule has 1 N–H and O–H groups in total. The second-order valence-electron chi connectivity index (χ2n) is 6.48. The van der Waals surface area contributed by atoms with Crippen LogP contribution in [0.3, 0.4) is 0 Å². The van der Waals surface area contributed by atoms with Gasteiger partial charge in [-0.15, -0.1) is 0 Å². The molecule has 0 aliphatic heterocycles.